The van der Waals surface area contributed by atoms with Gasteiger partial charge in [0, 0.05) is 19.5 Å². The molecule has 1 unspecified atom stereocenters. The van der Waals surface area contributed by atoms with Crippen LogP contribution in [0.5, 0.6) is 11.5 Å². The van der Waals surface area contributed by atoms with Crippen LogP contribution in [0.25, 0.3) is 16.7 Å². The topological polar surface area (TPSA) is 73.9 Å². The first-order valence-electron chi connectivity index (χ1n) is 11.2. The van der Waals surface area contributed by atoms with Crippen molar-refractivity contribution in [3.63, 3.8) is 0 Å². The molecule has 164 valence electrons. The van der Waals surface area contributed by atoms with Gasteiger partial charge in [-0.3, -0.25) is 18.7 Å². The normalized spacial score (nSPS) is 19.0. The lowest BCUT2D eigenvalue weighted by atomic mass is 10.0. The molecule has 0 radical (unpaired) electrons. The fourth-order valence-electron chi connectivity index (χ4n) is 4.96. The molecular formula is C24H25N5O3. The summed E-state index contributed by atoms with van der Waals surface area (Å²) in [5, 5.41) is 9.51. The van der Waals surface area contributed by atoms with Crippen LogP contribution in [-0.2, 0) is 13.6 Å². The highest BCUT2D eigenvalue weighted by molar-refractivity contribution is 5.80. The summed E-state index contributed by atoms with van der Waals surface area (Å²) < 4.78 is 15.3. The van der Waals surface area contributed by atoms with Gasteiger partial charge in [0.05, 0.1) is 30.7 Å². The van der Waals surface area contributed by atoms with E-state index >= 15 is 0 Å². The van der Waals surface area contributed by atoms with Crippen LogP contribution in [0.15, 0.2) is 47.3 Å². The van der Waals surface area contributed by atoms with Crippen molar-refractivity contribution in [2.45, 2.75) is 31.8 Å². The lowest BCUT2D eigenvalue weighted by Crippen LogP contribution is -2.25. The third kappa shape index (κ3) is 3.05. The molecule has 1 saturated heterocycles. The maximum atomic E-state index is 12.7. The molecule has 8 heteroatoms. The predicted molar refractivity (Wildman–Crippen MR) is 120 cm³/mol. The smallest absolute Gasteiger partial charge is 0.262 e. The lowest BCUT2D eigenvalue weighted by Gasteiger charge is -2.25. The van der Waals surface area contributed by atoms with Crippen molar-refractivity contribution >= 4 is 16.7 Å². The summed E-state index contributed by atoms with van der Waals surface area (Å²) in [6.07, 6.45) is 3.10. The Morgan fingerprint density at radius 2 is 1.88 bits per heavy atom. The molecule has 0 bridgehead atoms. The molecular weight excluding hydrogens is 406 g/mol. The van der Waals surface area contributed by atoms with Gasteiger partial charge in [-0.25, -0.2) is 0 Å². The standard InChI is InChI=1S/C24H25N5O3/c1-27-23(30)17-6-2-3-7-19(17)29-22(25-26-24(27)29)15-28-11-4-8-18(28)16-9-10-20-21(14-16)32-13-5-12-31-20/h2-3,6-7,9-10,14,18H,4-5,8,11-13,15H2,1H3. The molecule has 6 rings (SSSR count). The summed E-state index contributed by atoms with van der Waals surface area (Å²) in [7, 11) is 1.75. The number of para-hydroxylation sites is 1. The quantitative estimate of drug-likeness (QED) is 0.496. The van der Waals surface area contributed by atoms with Crippen LogP contribution in [0.1, 0.15) is 36.7 Å². The number of benzene rings is 2. The fourth-order valence-corrected chi connectivity index (χ4v) is 4.96. The minimum atomic E-state index is -0.0571. The van der Waals surface area contributed by atoms with Gasteiger partial charge in [-0.15, -0.1) is 10.2 Å². The van der Waals surface area contributed by atoms with E-state index in [1.807, 2.05) is 34.7 Å². The Morgan fingerprint density at radius 3 is 2.78 bits per heavy atom. The maximum absolute atomic E-state index is 12.7. The van der Waals surface area contributed by atoms with Gasteiger partial charge in [0.1, 0.15) is 0 Å². The summed E-state index contributed by atoms with van der Waals surface area (Å²) in [6, 6.07) is 14.2. The third-order valence-electron chi connectivity index (χ3n) is 6.56. The van der Waals surface area contributed by atoms with Crippen LogP contribution >= 0.6 is 0 Å². The third-order valence-corrected chi connectivity index (χ3v) is 6.56. The van der Waals surface area contributed by atoms with E-state index in [0.717, 1.165) is 48.6 Å². The van der Waals surface area contributed by atoms with Crippen LogP contribution in [0.2, 0.25) is 0 Å². The van der Waals surface area contributed by atoms with E-state index in [2.05, 4.69) is 27.2 Å². The first-order valence-corrected chi connectivity index (χ1v) is 11.2. The first-order chi connectivity index (χ1) is 15.7. The maximum Gasteiger partial charge on any atom is 0.262 e. The molecule has 32 heavy (non-hydrogen) atoms. The lowest BCUT2D eigenvalue weighted by molar-refractivity contribution is 0.241. The second kappa shape index (κ2) is 7.63. The van der Waals surface area contributed by atoms with Gasteiger partial charge in [-0.2, -0.15) is 0 Å². The molecule has 1 fully saturated rings. The Morgan fingerprint density at radius 1 is 1.03 bits per heavy atom. The summed E-state index contributed by atoms with van der Waals surface area (Å²) in [4.78, 5) is 15.2. The average molecular weight is 431 g/mol. The van der Waals surface area contributed by atoms with E-state index in [1.54, 1.807) is 11.6 Å². The highest BCUT2D eigenvalue weighted by atomic mass is 16.5. The van der Waals surface area contributed by atoms with Gasteiger partial charge in [-0.1, -0.05) is 18.2 Å². The molecule has 0 amide bonds. The van der Waals surface area contributed by atoms with E-state index in [-0.39, 0.29) is 11.6 Å². The second-order valence-electron chi connectivity index (χ2n) is 8.52. The zero-order chi connectivity index (χ0) is 21.7. The summed E-state index contributed by atoms with van der Waals surface area (Å²) in [5.41, 5.74) is 2.02. The van der Waals surface area contributed by atoms with E-state index in [0.29, 0.717) is 30.9 Å². The zero-order valence-electron chi connectivity index (χ0n) is 18.0. The van der Waals surface area contributed by atoms with Gasteiger partial charge in [0.2, 0.25) is 5.78 Å². The van der Waals surface area contributed by atoms with Crippen molar-refractivity contribution in [1.29, 1.82) is 0 Å². The SMILES string of the molecule is Cn1c(=O)c2ccccc2n2c(CN3CCCC3c3ccc4c(c3)OCCCO4)nnc12. The van der Waals surface area contributed by atoms with Gasteiger partial charge in [0.15, 0.2) is 17.3 Å². The van der Waals surface area contributed by atoms with Crippen molar-refractivity contribution in [2.75, 3.05) is 19.8 Å². The fraction of sp³-hybridized carbons (Fsp3) is 0.375. The highest BCUT2D eigenvalue weighted by Gasteiger charge is 2.29. The molecule has 2 aromatic heterocycles. The Balaban J connectivity index is 1.38. The molecule has 0 aliphatic carbocycles. The molecule has 2 aliphatic rings. The van der Waals surface area contributed by atoms with E-state index < -0.39 is 0 Å². The van der Waals surface area contributed by atoms with Crippen molar-refractivity contribution in [3.05, 3.63) is 64.2 Å². The van der Waals surface area contributed by atoms with E-state index in [4.69, 9.17) is 9.47 Å². The van der Waals surface area contributed by atoms with Crippen molar-refractivity contribution in [1.82, 2.24) is 24.1 Å². The Bertz CT molecular complexity index is 1380. The van der Waals surface area contributed by atoms with Crippen molar-refractivity contribution < 1.29 is 9.47 Å². The molecule has 1 atom stereocenters. The van der Waals surface area contributed by atoms with Crippen molar-refractivity contribution in [3.8, 4) is 11.5 Å². The Hall–Kier alpha value is -3.39. The van der Waals surface area contributed by atoms with Crippen LogP contribution in [0.4, 0.5) is 0 Å². The number of rotatable bonds is 3. The number of aryl methyl sites for hydroxylation is 1. The molecule has 2 aliphatic heterocycles. The molecule has 4 heterocycles. The van der Waals surface area contributed by atoms with Crippen LogP contribution in [0, 0.1) is 0 Å². The van der Waals surface area contributed by atoms with Gasteiger partial charge in [-0.05, 0) is 49.2 Å². The minimum Gasteiger partial charge on any atom is -0.490 e. The molecule has 0 spiro atoms. The Labute approximate surface area is 185 Å². The molecule has 0 N–H and O–H groups in total. The number of aromatic nitrogens is 4. The number of fused-ring (bicyclic) bond motifs is 4. The summed E-state index contributed by atoms with van der Waals surface area (Å²) in [5.74, 6) is 3.07. The van der Waals surface area contributed by atoms with Crippen LogP contribution in [-0.4, -0.2) is 43.8 Å². The summed E-state index contributed by atoms with van der Waals surface area (Å²) in [6.45, 7) is 3.01. The number of hydrogen-bond donors (Lipinski definition) is 0. The largest absolute Gasteiger partial charge is 0.490 e. The molecule has 8 nitrogen and oxygen atoms in total. The Kier molecular flexibility index (Phi) is 4.61. The molecule has 4 aromatic rings. The number of nitrogens with zero attached hydrogens (tertiary/aromatic N) is 5. The van der Waals surface area contributed by atoms with Crippen LogP contribution < -0.4 is 15.0 Å². The summed E-state index contributed by atoms with van der Waals surface area (Å²) >= 11 is 0. The van der Waals surface area contributed by atoms with Gasteiger partial charge < -0.3 is 9.47 Å². The van der Waals surface area contributed by atoms with Gasteiger partial charge >= 0.3 is 0 Å². The number of hydrogen-bond acceptors (Lipinski definition) is 6. The van der Waals surface area contributed by atoms with Crippen molar-refractivity contribution in [2.24, 2.45) is 7.05 Å². The molecule has 2 aromatic carbocycles. The van der Waals surface area contributed by atoms with Crippen LogP contribution in [0.3, 0.4) is 0 Å². The molecule has 0 saturated carbocycles. The predicted octanol–water partition coefficient (Wildman–Crippen LogP) is 3.08. The monoisotopic (exact) mass is 431 g/mol. The zero-order valence-corrected chi connectivity index (χ0v) is 18.0. The first kappa shape index (κ1) is 19.3. The average Bonchev–Trinajstić information content (AvgIpc) is 3.38. The second-order valence-corrected chi connectivity index (χ2v) is 8.52. The van der Waals surface area contributed by atoms with E-state index in [1.165, 1.54) is 5.56 Å². The van der Waals surface area contributed by atoms with E-state index in [9.17, 15) is 4.79 Å². The highest BCUT2D eigenvalue weighted by Crippen LogP contribution is 2.38. The van der Waals surface area contributed by atoms with Gasteiger partial charge in [0.25, 0.3) is 5.56 Å². The minimum absolute atomic E-state index is 0.0571. The number of likely N-dealkylation sites (tertiary alicyclic amines) is 1. The number of ether oxygens (including phenoxy) is 2.